The maximum atomic E-state index is 13.2. The van der Waals surface area contributed by atoms with Gasteiger partial charge in [0.15, 0.2) is 0 Å². The fraction of sp³-hybridized carbons (Fsp3) is 0.789. The highest BCUT2D eigenvalue weighted by atomic mass is 32.2. The minimum absolute atomic E-state index is 0.160. The first-order chi connectivity index (χ1) is 24.3. The molecular formula is C38H62N2O6S4. The van der Waals surface area contributed by atoms with Crippen LogP contribution in [0.4, 0.5) is 0 Å². The molecule has 2 saturated heterocycles. The van der Waals surface area contributed by atoms with Crippen LogP contribution in [0, 0.1) is 0 Å². The second kappa shape index (κ2) is 28.1. The van der Waals surface area contributed by atoms with Gasteiger partial charge in [0.05, 0.1) is 23.0 Å². The number of hydrogen-bond acceptors (Lipinski definition) is 10. The molecular weight excluding hydrogens is 709 g/mol. The van der Waals surface area contributed by atoms with Crippen molar-refractivity contribution in [1.82, 2.24) is 9.80 Å². The molecule has 2 fully saturated rings. The molecule has 0 unspecified atom stereocenters. The predicted octanol–water partition coefficient (Wildman–Crippen LogP) is 10.4. The highest BCUT2D eigenvalue weighted by Gasteiger charge is 2.41. The molecule has 50 heavy (non-hydrogen) atoms. The summed E-state index contributed by atoms with van der Waals surface area (Å²) in [7, 11) is 0. The summed E-state index contributed by atoms with van der Waals surface area (Å²) in [4.78, 5) is 54.4. The second-order valence-electron chi connectivity index (χ2n) is 13.3. The van der Waals surface area contributed by atoms with Gasteiger partial charge in [-0.05, 0) is 38.5 Å². The van der Waals surface area contributed by atoms with Gasteiger partial charge in [-0.1, -0.05) is 165 Å². The Balaban J connectivity index is 1.58. The number of esters is 2. The van der Waals surface area contributed by atoms with E-state index in [2.05, 4.69) is 13.8 Å². The van der Waals surface area contributed by atoms with Crippen LogP contribution in [-0.2, 0) is 28.7 Å². The van der Waals surface area contributed by atoms with Crippen molar-refractivity contribution >= 4 is 80.4 Å². The van der Waals surface area contributed by atoms with Crippen LogP contribution >= 0.6 is 48.0 Å². The summed E-state index contributed by atoms with van der Waals surface area (Å²) in [6.45, 7) is 6.33. The van der Waals surface area contributed by atoms with E-state index in [-0.39, 0.29) is 23.8 Å². The molecule has 0 N–H and O–H groups in total. The van der Waals surface area contributed by atoms with Gasteiger partial charge in [-0.2, -0.15) is 0 Å². The topological polar surface area (TPSA) is 93.2 Å². The Bertz CT molecular complexity index is 1030. The van der Waals surface area contributed by atoms with E-state index in [0.717, 1.165) is 62.0 Å². The van der Waals surface area contributed by atoms with Crippen LogP contribution < -0.4 is 0 Å². The Morgan fingerprint density at radius 2 is 0.820 bits per heavy atom. The van der Waals surface area contributed by atoms with Gasteiger partial charge in [0.1, 0.15) is 8.64 Å². The molecule has 8 nitrogen and oxygen atoms in total. The zero-order chi connectivity index (χ0) is 36.4. The predicted molar refractivity (Wildman–Crippen MR) is 215 cm³/mol. The quantitative estimate of drug-likeness (QED) is 0.0304. The van der Waals surface area contributed by atoms with Gasteiger partial charge in [0.2, 0.25) is 0 Å². The highest BCUT2D eigenvalue weighted by Crippen LogP contribution is 2.42. The molecule has 0 aromatic rings. The Kier molecular flexibility index (Phi) is 25.1. The van der Waals surface area contributed by atoms with Crippen LogP contribution in [0.2, 0.25) is 0 Å². The summed E-state index contributed by atoms with van der Waals surface area (Å²) >= 11 is 13.3. The van der Waals surface area contributed by atoms with E-state index in [1.807, 2.05) is 0 Å². The van der Waals surface area contributed by atoms with Crippen molar-refractivity contribution in [2.45, 2.75) is 168 Å². The van der Waals surface area contributed by atoms with Crippen molar-refractivity contribution < 1.29 is 28.7 Å². The van der Waals surface area contributed by atoms with E-state index in [1.165, 1.54) is 77.0 Å². The number of rotatable bonds is 30. The molecule has 2 rings (SSSR count). The highest BCUT2D eigenvalue weighted by molar-refractivity contribution is 8.29. The number of amides is 2. The number of carbonyl (C=O) groups is 4. The molecule has 0 aromatic heterocycles. The number of thiocarbonyl (C=S) groups is 2. The van der Waals surface area contributed by atoms with E-state index >= 15 is 0 Å². The SMILES string of the molecule is CCCCCCCCCCOC(=O)CCCCCN1C(=O)/C(=C2/SC(=S)N(CCCCCC(=O)OCCCCCCCCCC)C2=O)SC1=S. The van der Waals surface area contributed by atoms with Gasteiger partial charge >= 0.3 is 11.9 Å². The number of nitrogens with zero attached hydrogens (tertiary/aromatic N) is 2. The van der Waals surface area contributed by atoms with Crippen LogP contribution in [-0.4, -0.2) is 68.5 Å². The molecule has 2 amide bonds. The first-order valence-electron chi connectivity index (χ1n) is 19.4. The zero-order valence-electron chi connectivity index (χ0n) is 30.8. The third-order valence-electron chi connectivity index (χ3n) is 8.95. The van der Waals surface area contributed by atoms with Crippen molar-refractivity contribution in [1.29, 1.82) is 0 Å². The number of unbranched alkanes of at least 4 members (excludes halogenated alkanes) is 18. The fourth-order valence-electron chi connectivity index (χ4n) is 5.88. The van der Waals surface area contributed by atoms with Gasteiger partial charge in [0.25, 0.3) is 11.8 Å². The van der Waals surface area contributed by atoms with E-state index < -0.39 is 0 Å². The normalized spacial score (nSPS) is 16.3. The molecule has 0 aliphatic carbocycles. The molecule has 0 bridgehead atoms. The van der Waals surface area contributed by atoms with Crippen LogP contribution in [0.5, 0.6) is 0 Å². The third kappa shape index (κ3) is 18.3. The zero-order valence-corrected chi connectivity index (χ0v) is 34.0. The Morgan fingerprint density at radius 1 is 0.500 bits per heavy atom. The minimum atomic E-state index is -0.254. The van der Waals surface area contributed by atoms with E-state index in [9.17, 15) is 19.2 Å². The largest absolute Gasteiger partial charge is 0.466 e. The fourth-order valence-corrected chi connectivity index (χ4v) is 8.65. The first kappa shape index (κ1) is 44.7. The molecule has 12 heteroatoms. The maximum absolute atomic E-state index is 13.2. The smallest absolute Gasteiger partial charge is 0.305 e. The first-order valence-corrected chi connectivity index (χ1v) is 21.9. The summed E-state index contributed by atoms with van der Waals surface area (Å²) in [5, 5.41) is 0. The molecule has 0 atom stereocenters. The number of carbonyl (C=O) groups excluding carboxylic acids is 4. The number of thioether (sulfide) groups is 2. The molecule has 0 spiro atoms. The van der Waals surface area contributed by atoms with Crippen LogP contribution in [0.15, 0.2) is 9.81 Å². The summed E-state index contributed by atoms with van der Waals surface area (Å²) in [6.07, 6.45) is 24.5. The standard InChI is InChI=1S/C38H62N2O6S4/c1-3-5-7-9-11-13-15-23-29-45-31(41)25-19-17-21-27-39-35(43)33(49-37(39)47)34-36(44)40(38(48)50-34)28-22-18-20-26-32(42)46-30-24-16-14-12-10-8-6-4-2/h3-30H2,1-2H3/b34-33-. The lowest BCUT2D eigenvalue weighted by molar-refractivity contribution is -0.144. The monoisotopic (exact) mass is 770 g/mol. The van der Waals surface area contributed by atoms with E-state index in [4.69, 9.17) is 33.9 Å². The molecule has 0 radical (unpaired) electrons. The van der Waals surface area contributed by atoms with E-state index in [1.54, 1.807) is 9.80 Å². The minimum Gasteiger partial charge on any atom is -0.466 e. The molecule has 284 valence electrons. The van der Waals surface area contributed by atoms with Gasteiger partial charge in [-0.15, -0.1) is 0 Å². The Morgan fingerprint density at radius 3 is 1.18 bits per heavy atom. The number of hydrogen-bond donors (Lipinski definition) is 0. The molecule has 2 aliphatic rings. The van der Waals surface area contributed by atoms with Gasteiger partial charge in [-0.25, -0.2) is 0 Å². The Hall–Kier alpha value is -1.50. The molecule has 2 aliphatic heterocycles. The van der Waals surface area contributed by atoms with Crippen molar-refractivity contribution in [3.63, 3.8) is 0 Å². The van der Waals surface area contributed by atoms with Gasteiger partial charge < -0.3 is 9.47 Å². The molecule has 0 aromatic carbocycles. The maximum Gasteiger partial charge on any atom is 0.305 e. The van der Waals surface area contributed by atoms with Crippen molar-refractivity contribution in [3.8, 4) is 0 Å². The lowest BCUT2D eigenvalue weighted by Gasteiger charge is -2.14. The molecule has 0 saturated carbocycles. The number of ether oxygens (including phenoxy) is 2. The average Bonchev–Trinajstić information content (AvgIpc) is 3.54. The second-order valence-corrected chi connectivity index (χ2v) is 16.6. The van der Waals surface area contributed by atoms with Crippen LogP contribution in [0.25, 0.3) is 0 Å². The van der Waals surface area contributed by atoms with Crippen molar-refractivity contribution in [2.24, 2.45) is 0 Å². The summed E-state index contributed by atoms with van der Waals surface area (Å²) in [5.41, 5.74) is 0. The summed E-state index contributed by atoms with van der Waals surface area (Å²) < 4.78 is 11.6. The van der Waals surface area contributed by atoms with Crippen molar-refractivity contribution in [3.05, 3.63) is 9.81 Å². The van der Waals surface area contributed by atoms with Crippen LogP contribution in [0.3, 0.4) is 0 Å². The van der Waals surface area contributed by atoms with Gasteiger partial charge in [0, 0.05) is 25.9 Å². The van der Waals surface area contributed by atoms with Crippen LogP contribution in [0.1, 0.15) is 168 Å². The third-order valence-corrected chi connectivity index (χ3v) is 12.0. The Labute approximate surface area is 321 Å². The molecule has 2 heterocycles. The van der Waals surface area contributed by atoms with Crippen molar-refractivity contribution in [2.75, 3.05) is 26.3 Å². The van der Waals surface area contributed by atoms with E-state index in [0.29, 0.717) is 83.3 Å². The summed E-state index contributed by atoms with van der Waals surface area (Å²) in [6, 6.07) is 0. The van der Waals surface area contributed by atoms with Gasteiger partial charge in [-0.3, -0.25) is 29.0 Å². The lowest BCUT2D eigenvalue weighted by atomic mass is 10.1. The summed E-state index contributed by atoms with van der Waals surface area (Å²) in [5.74, 6) is -0.827. The lowest BCUT2D eigenvalue weighted by Crippen LogP contribution is -2.31. The average molecular weight is 771 g/mol.